The Morgan fingerprint density at radius 2 is 2.29 bits per heavy atom. The van der Waals surface area contributed by atoms with Gasteiger partial charge in [-0.1, -0.05) is 13.0 Å². The Balaban J connectivity index is 2.76. The van der Waals surface area contributed by atoms with E-state index in [1.807, 2.05) is 19.2 Å². The zero-order valence-corrected chi connectivity index (χ0v) is 8.83. The van der Waals surface area contributed by atoms with Crippen molar-refractivity contribution in [2.24, 2.45) is 0 Å². The predicted molar refractivity (Wildman–Crippen MR) is 58.0 cm³/mol. The molecule has 0 aromatic carbocycles. The standard InChI is InChI=1S/C11H17N3/c1-4-6-10(12-5-2)11-8-13-9(3)7-14-11/h4,7-8,10,12H,1,5-6H2,2-3H3. The molecule has 1 unspecified atom stereocenters. The Morgan fingerprint density at radius 3 is 2.79 bits per heavy atom. The highest BCUT2D eigenvalue weighted by molar-refractivity contribution is 5.07. The fourth-order valence-electron chi connectivity index (χ4n) is 1.30. The number of hydrogen-bond acceptors (Lipinski definition) is 3. The maximum absolute atomic E-state index is 4.34. The van der Waals surface area contributed by atoms with Crippen LogP contribution in [0.2, 0.25) is 0 Å². The molecule has 0 spiro atoms. The number of nitrogens with zero attached hydrogens (tertiary/aromatic N) is 2. The highest BCUT2D eigenvalue weighted by Gasteiger charge is 2.09. The van der Waals surface area contributed by atoms with Gasteiger partial charge in [0.25, 0.3) is 0 Å². The largest absolute Gasteiger partial charge is 0.309 e. The first-order valence-electron chi connectivity index (χ1n) is 4.90. The van der Waals surface area contributed by atoms with Crippen molar-refractivity contribution in [1.29, 1.82) is 0 Å². The van der Waals surface area contributed by atoms with E-state index in [0.717, 1.165) is 24.4 Å². The SMILES string of the molecule is C=CCC(NCC)c1cnc(C)cn1. The third-order valence-corrected chi connectivity index (χ3v) is 2.01. The number of aryl methyl sites for hydroxylation is 1. The molecule has 0 fully saturated rings. The minimum absolute atomic E-state index is 0.241. The van der Waals surface area contributed by atoms with Gasteiger partial charge in [-0.05, 0) is 19.9 Å². The van der Waals surface area contributed by atoms with Crippen molar-refractivity contribution in [3.05, 3.63) is 36.4 Å². The lowest BCUT2D eigenvalue weighted by Crippen LogP contribution is -2.21. The molecule has 0 aliphatic heterocycles. The van der Waals surface area contributed by atoms with E-state index in [1.54, 1.807) is 6.20 Å². The lowest BCUT2D eigenvalue weighted by molar-refractivity contribution is 0.543. The van der Waals surface area contributed by atoms with Crippen LogP contribution in [0.3, 0.4) is 0 Å². The molecule has 0 saturated carbocycles. The molecule has 1 aromatic rings. The summed E-state index contributed by atoms with van der Waals surface area (Å²) in [5.74, 6) is 0. The second kappa shape index (κ2) is 5.50. The van der Waals surface area contributed by atoms with Gasteiger partial charge in [-0.25, -0.2) is 0 Å². The summed E-state index contributed by atoms with van der Waals surface area (Å²) < 4.78 is 0. The van der Waals surface area contributed by atoms with Crippen LogP contribution in [0.25, 0.3) is 0 Å². The zero-order chi connectivity index (χ0) is 10.4. The quantitative estimate of drug-likeness (QED) is 0.723. The lowest BCUT2D eigenvalue weighted by atomic mass is 10.1. The average molecular weight is 191 g/mol. The van der Waals surface area contributed by atoms with E-state index in [9.17, 15) is 0 Å². The lowest BCUT2D eigenvalue weighted by Gasteiger charge is -2.14. The van der Waals surface area contributed by atoms with Crippen LogP contribution in [0.5, 0.6) is 0 Å². The third kappa shape index (κ3) is 2.92. The highest BCUT2D eigenvalue weighted by atomic mass is 14.9. The summed E-state index contributed by atoms with van der Waals surface area (Å²) in [6, 6.07) is 0.241. The first-order valence-corrected chi connectivity index (χ1v) is 4.90. The van der Waals surface area contributed by atoms with Gasteiger partial charge in [0, 0.05) is 6.20 Å². The van der Waals surface area contributed by atoms with Gasteiger partial charge in [-0.2, -0.15) is 0 Å². The highest BCUT2D eigenvalue weighted by Crippen LogP contribution is 2.13. The Labute approximate surface area is 85.3 Å². The minimum atomic E-state index is 0.241. The van der Waals surface area contributed by atoms with Crippen molar-refractivity contribution in [3.8, 4) is 0 Å². The normalized spacial score (nSPS) is 12.4. The molecule has 0 amide bonds. The van der Waals surface area contributed by atoms with Crippen molar-refractivity contribution in [3.63, 3.8) is 0 Å². The van der Waals surface area contributed by atoms with Crippen molar-refractivity contribution >= 4 is 0 Å². The van der Waals surface area contributed by atoms with E-state index in [-0.39, 0.29) is 6.04 Å². The Kier molecular flexibility index (Phi) is 4.26. The first-order chi connectivity index (χ1) is 6.77. The summed E-state index contributed by atoms with van der Waals surface area (Å²) >= 11 is 0. The molecule has 0 aliphatic rings. The molecule has 0 saturated heterocycles. The fraction of sp³-hybridized carbons (Fsp3) is 0.455. The van der Waals surface area contributed by atoms with E-state index in [4.69, 9.17) is 0 Å². The number of rotatable bonds is 5. The summed E-state index contributed by atoms with van der Waals surface area (Å²) in [7, 11) is 0. The third-order valence-electron chi connectivity index (χ3n) is 2.01. The van der Waals surface area contributed by atoms with Gasteiger partial charge in [0.2, 0.25) is 0 Å². The molecule has 3 heteroatoms. The summed E-state index contributed by atoms with van der Waals surface area (Å²) in [5.41, 5.74) is 1.93. The summed E-state index contributed by atoms with van der Waals surface area (Å²) in [4.78, 5) is 8.57. The Bertz CT molecular complexity index is 279. The molecule has 1 N–H and O–H groups in total. The van der Waals surface area contributed by atoms with E-state index in [2.05, 4.69) is 28.8 Å². The second-order valence-electron chi connectivity index (χ2n) is 3.22. The maximum Gasteiger partial charge on any atom is 0.0759 e. The number of nitrogens with one attached hydrogen (secondary N) is 1. The van der Waals surface area contributed by atoms with E-state index >= 15 is 0 Å². The summed E-state index contributed by atoms with van der Waals surface area (Å²) in [5, 5.41) is 3.35. The molecule has 1 atom stereocenters. The molecular formula is C11H17N3. The van der Waals surface area contributed by atoms with E-state index in [0.29, 0.717) is 0 Å². The van der Waals surface area contributed by atoms with Crippen molar-refractivity contribution < 1.29 is 0 Å². The Hall–Kier alpha value is -1.22. The van der Waals surface area contributed by atoms with Crippen LogP contribution in [-0.2, 0) is 0 Å². The van der Waals surface area contributed by atoms with Gasteiger partial charge >= 0.3 is 0 Å². The molecule has 0 radical (unpaired) electrons. The van der Waals surface area contributed by atoms with Gasteiger partial charge in [0.15, 0.2) is 0 Å². The zero-order valence-electron chi connectivity index (χ0n) is 8.83. The van der Waals surface area contributed by atoms with Crippen LogP contribution in [0.1, 0.15) is 30.8 Å². The molecule has 0 aliphatic carbocycles. The molecule has 0 bridgehead atoms. The first kappa shape index (κ1) is 10.9. The number of aromatic nitrogens is 2. The summed E-state index contributed by atoms with van der Waals surface area (Å²) in [6.45, 7) is 8.68. The van der Waals surface area contributed by atoms with Gasteiger partial charge in [0.05, 0.1) is 23.6 Å². The smallest absolute Gasteiger partial charge is 0.0759 e. The Morgan fingerprint density at radius 1 is 1.50 bits per heavy atom. The maximum atomic E-state index is 4.34. The average Bonchev–Trinajstić information content (AvgIpc) is 2.19. The predicted octanol–water partition coefficient (Wildman–Crippen LogP) is 2.01. The molecule has 14 heavy (non-hydrogen) atoms. The van der Waals surface area contributed by atoms with Crippen molar-refractivity contribution in [2.45, 2.75) is 26.3 Å². The van der Waals surface area contributed by atoms with Crippen LogP contribution < -0.4 is 5.32 Å². The van der Waals surface area contributed by atoms with E-state index in [1.165, 1.54) is 0 Å². The second-order valence-corrected chi connectivity index (χ2v) is 3.22. The van der Waals surface area contributed by atoms with Crippen LogP contribution in [0.4, 0.5) is 0 Å². The molecule has 3 nitrogen and oxygen atoms in total. The van der Waals surface area contributed by atoms with Crippen molar-refractivity contribution in [2.75, 3.05) is 6.54 Å². The van der Waals surface area contributed by atoms with Gasteiger partial charge < -0.3 is 5.32 Å². The molecule has 1 heterocycles. The van der Waals surface area contributed by atoms with Gasteiger partial charge in [-0.3, -0.25) is 9.97 Å². The fourth-order valence-corrected chi connectivity index (χ4v) is 1.30. The summed E-state index contributed by atoms with van der Waals surface area (Å²) in [6.07, 6.45) is 6.40. The van der Waals surface area contributed by atoms with Gasteiger partial charge in [0.1, 0.15) is 0 Å². The molecule has 76 valence electrons. The molecule has 1 aromatic heterocycles. The van der Waals surface area contributed by atoms with Crippen LogP contribution >= 0.6 is 0 Å². The van der Waals surface area contributed by atoms with Crippen LogP contribution in [-0.4, -0.2) is 16.5 Å². The molecule has 1 rings (SSSR count). The van der Waals surface area contributed by atoms with Crippen molar-refractivity contribution in [1.82, 2.24) is 15.3 Å². The van der Waals surface area contributed by atoms with Gasteiger partial charge in [-0.15, -0.1) is 6.58 Å². The monoisotopic (exact) mass is 191 g/mol. The topological polar surface area (TPSA) is 37.8 Å². The van der Waals surface area contributed by atoms with E-state index < -0.39 is 0 Å². The van der Waals surface area contributed by atoms with Crippen LogP contribution in [0, 0.1) is 6.92 Å². The molecular weight excluding hydrogens is 174 g/mol. The number of hydrogen-bond donors (Lipinski definition) is 1. The minimum Gasteiger partial charge on any atom is -0.309 e. The van der Waals surface area contributed by atoms with Crippen LogP contribution in [0.15, 0.2) is 25.0 Å².